The van der Waals surface area contributed by atoms with Crippen molar-refractivity contribution in [2.45, 2.75) is 18.9 Å². The molecule has 1 atom stereocenters. The Hall–Kier alpha value is -2.69. The first kappa shape index (κ1) is 15.2. The van der Waals surface area contributed by atoms with Crippen LogP contribution in [-0.4, -0.2) is 40.8 Å². The smallest absolute Gasteiger partial charge is 0.253 e. The van der Waals surface area contributed by atoms with Gasteiger partial charge in [-0.25, -0.2) is 0 Å². The van der Waals surface area contributed by atoms with Crippen molar-refractivity contribution in [3.05, 3.63) is 66.0 Å². The Morgan fingerprint density at radius 3 is 2.52 bits per heavy atom. The van der Waals surface area contributed by atoms with Crippen LogP contribution in [0.4, 0.5) is 0 Å². The first-order chi connectivity index (χ1) is 11.2. The summed E-state index contributed by atoms with van der Waals surface area (Å²) in [5, 5.41) is 2.86. The minimum Gasteiger partial charge on any atom is -0.341 e. The van der Waals surface area contributed by atoms with E-state index in [1.165, 1.54) is 6.20 Å². The fourth-order valence-corrected chi connectivity index (χ4v) is 2.55. The lowest BCUT2D eigenvalue weighted by Gasteiger charge is -2.34. The molecule has 5 heteroatoms. The number of carbonyl (C=O) groups excluding carboxylic acids is 2. The maximum absolute atomic E-state index is 12.6. The lowest BCUT2D eigenvalue weighted by Crippen LogP contribution is -2.53. The second-order valence-electron chi connectivity index (χ2n) is 5.64. The molecular weight excluding hydrogens is 290 g/mol. The van der Waals surface area contributed by atoms with Crippen molar-refractivity contribution in [3.63, 3.8) is 0 Å². The van der Waals surface area contributed by atoms with E-state index in [2.05, 4.69) is 10.3 Å². The molecule has 1 unspecified atom stereocenters. The van der Waals surface area contributed by atoms with E-state index in [1.807, 2.05) is 30.3 Å². The molecule has 1 aromatic carbocycles. The minimum absolute atomic E-state index is 0.0163. The number of hydrogen-bond donors (Lipinski definition) is 1. The third-order valence-corrected chi connectivity index (χ3v) is 3.98. The molecule has 0 bridgehead atoms. The number of aromatic nitrogens is 1. The zero-order valence-corrected chi connectivity index (χ0v) is 12.8. The van der Waals surface area contributed by atoms with Gasteiger partial charge in [0.2, 0.25) is 5.91 Å². The maximum Gasteiger partial charge on any atom is 0.253 e. The van der Waals surface area contributed by atoms with Gasteiger partial charge in [-0.3, -0.25) is 14.6 Å². The predicted octanol–water partition coefficient (Wildman–Crippen LogP) is 1.66. The molecular formula is C18H19N3O2. The van der Waals surface area contributed by atoms with Crippen LogP contribution in [-0.2, 0) is 11.2 Å². The highest BCUT2D eigenvalue weighted by Gasteiger charge is 2.29. The van der Waals surface area contributed by atoms with Crippen LogP contribution >= 0.6 is 0 Å². The summed E-state index contributed by atoms with van der Waals surface area (Å²) in [7, 11) is 0. The highest BCUT2D eigenvalue weighted by atomic mass is 16.2. The third-order valence-electron chi connectivity index (χ3n) is 3.98. The van der Waals surface area contributed by atoms with Crippen LogP contribution in [0.1, 0.15) is 22.3 Å². The van der Waals surface area contributed by atoms with Crippen molar-refractivity contribution < 1.29 is 9.59 Å². The highest BCUT2D eigenvalue weighted by Crippen LogP contribution is 2.12. The first-order valence-corrected chi connectivity index (χ1v) is 7.77. The fourth-order valence-electron chi connectivity index (χ4n) is 2.55. The number of rotatable bonds is 5. The van der Waals surface area contributed by atoms with Gasteiger partial charge < -0.3 is 10.2 Å². The van der Waals surface area contributed by atoms with Crippen LogP contribution < -0.4 is 5.32 Å². The molecule has 1 aromatic heterocycles. The largest absolute Gasteiger partial charge is 0.341 e. The Kier molecular flexibility index (Phi) is 4.66. The van der Waals surface area contributed by atoms with Gasteiger partial charge in [0.1, 0.15) is 6.04 Å². The van der Waals surface area contributed by atoms with Crippen LogP contribution in [0, 0.1) is 0 Å². The summed E-state index contributed by atoms with van der Waals surface area (Å²) in [6.07, 6.45) is 4.63. The van der Waals surface area contributed by atoms with Crippen molar-refractivity contribution >= 4 is 11.8 Å². The van der Waals surface area contributed by atoms with Crippen molar-refractivity contribution in [1.82, 2.24) is 15.2 Å². The van der Waals surface area contributed by atoms with Gasteiger partial charge in [0.15, 0.2) is 0 Å². The zero-order valence-electron chi connectivity index (χ0n) is 12.8. The molecule has 3 rings (SSSR count). The van der Waals surface area contributed by atoms with Gasteiger partial charge in [0.25, 0.3) is 5.91 Å². The summed E-state index contributed by atoms with van der Waals surface area (Å²) < 4.78 is 0. The van der Waals surface area contributed by atoms with Gasteiger partial charge in [0.05, 0.1) is 5.56 Å². The molecule has 2 heterocycles. The number of carbonyl (C=O) groups is 2. The van der Waals surface area contributed by atoms with E-state index in [9.17, 15) is 9.59 Å². The second-order valence-corrected chi connectivity index (χ2v) is 5.64. The molecule has 118 valence electrons. The number of pyridine rings is 1. The molecule has 1 saturated heterocycles. The number of likely N-dealkylation sites (tertiary alicyclic amines) is 1. The molecule has 2 aromatic rings. The van der Waals surface area contributed by atoms with Crippen molar-refractivity contribution in [1.29, 1.82) is 0 Å². The Bertz CT molecular complexity index is 669. The van der Waals surface area contributed by atoms with Gasteiger partial charge in [-0.1, -0.05) is 30.3 Å². The summed E-state index contributed by atoms with van der Waals surface area (Å²) in [6.45, 7) is 1.54. The zero-order chi connectivity index (χ0) is 16.1. The Balaban J connectivity index is 1.74. The summed E-state index contributed by atoms with van der Waals surface area (Å²) in [6, 6.07) is 12.6. The summed E-state index contributed by atoms with van der Waals surface area (Å²) >= 11 is 0. The minimum atomic E-state index is -0.551. The number of amides is 2. The molecule has 5 nitrogen and oxygen atoms in total. The molecule has 1 fully saturated rings. The van der Waals surface area contributed by atoms with Crippen molar-refractivity contribution in [2.75, 3.05) is 13.1 Å². The van der Waals surface area contributed by atoms with E-state index in [0.29, 0.717) is 12.0 Å². The van der Waals surface area contributed by atoms with Gasteiger partial charge >= 0.3 is 0 Å². The normalized spacial score (nSPS) is 14.7. The monoisotopic (exact) mass is 309 g/mol. The van der Waals surface area contributed by atoms with Crippen molar-refractivity contribution in [3.8, 4) is 0 Å². The van der Waals surface area contributed by atoms with E-state index in [0.717, 1.165) is 25.1 Å². The lowest BCUT2D eigenvalue weighted by molar-refractivity contribution is -0.136. The molecule has 23 heavy (non-hydrogen) atoms. The number of hydrogen-bond acceptors (Lipinski definition) is 3. The molecule has 1 aliphatic rings. The second kappa shape index (κ2) is 7.05. The Morgan fingerprint density at radius 2 is 1.91 bits per heavy atom. The topological polar surface area (TPSA) is 62.3 Å². The van der Waals surface area contributed by atoms with Crippen LogP contribution in [0.3, 0.4) is 0 Å². The summed E-state index contributed by atoms with van der Waals surface area (Å²) in [5.74, 6) is -0.287. The van der Waals surface area contributed by atoms with Gasteiger partial charge in [0, 0.05) is 31.9 Å². The van der Waals surface area contributed by atoms with E-state index in [1.54, 1.807) is 23.2 Å². The standard InChI is InChI=1S/C18H19N3O2/c22-17(15-8-4-9-19-13-15)20-16(18(23)21-10-5-11-21)12-14-6-2-1-3-7-14/h1-4,6-9,13,16H,5,10-12H2,(H,20,22). The van der Waals surface area contributed by atoms with E-state index in [-0.39, 0.29) is 11.8 Å². The van der Waals surface area contributed by atoms with Crippen LogP contribution in [0.25, 0.3) is 0 Å². The summed E-state index contributed by atoms with van der Waals surface area (Å²) in [4.78, 5) is 30.7. The highest BCUT2D eigenvalue weighted by molar-refractivity contribution is 5.97. The van der Waals surface area contributed by atoms with Gasteiger partial charge in [-0.2, -0.15) is 0 Å². The van der Waals surface area contributed by atoms with Crippen LogP contribution in [0.2, 0.25) is 0 Å². The molecule has 0 saturated carbocycles. The average Bonchev–Trinajstić information content (AvgIpc) is 2.54. The van der Waals surface area contributed by atoms with E-state index < -0.39 is 6.04 Å². The molecule has 2 amide bonds. The first-order valence-electron chi connectivity index (χ1n) is 7.77. The average molecular weight is 309 g/mol. The Morgan fingerprint density at radius 1 is 1.13 bits per heavy atom. The SMILES string of the molecule is O=C(NC(Cc1ccccc1)C(=O)N1CCC1)c1cccnc1. The number of benzene rings is 1. The molecule has 1 aliphatic heterocycles. The lowest BCUT2D eigenvalue weighted by atomic mass is 10.0. The van der Waals surface area contributed by atoms with Gasteiger partial charge in [-0.15, -0.1) is 0 Å². The quantitative estimate of drug-likeness (QED) is 0.913. The van der Waals surface area contributed by atoms with Crippen molar-refractivity contribution in [2.24, 2.45) is 0 Å². The fraction of sp³-hybridized carbons (Fsp3) is 0.278. The van der Waals surface area contributed by atoms with E-state index in [4.69, 9.17) is 0 Å². The maximum atomic E-state index is 12.6. The number of nitrogens with one attached hydrogen (secondary N) is 1. The predicted molar refractivity (Wildman–Crippen MR) is 86.8 cm³/mol. The van der Waals surface area contributed by atoms with Crippen LogP contribution in [0.15, 0.2) is 54.9 Å². The molecule has 0 spiro atoms. The Labute approximate surface area is 135 Å². The van der Waals surface area contributed by atoms with E-state index >= 15 is 0 Å². The third kappa shape index (κ3) is 3.74. The molecule has 0 aliphatic carbocycles. The molecule has 0 radical (unpaired) electrons. The number of nitrogens with zero attached hydrogens (tertiary/aromatic N) is 2. The molecule has 1 N–H and O–H groups in total. The van der Waals surface area contributed by atoms with Crippen LogP contribution in [0.5, 0.6) is 0 Å². The summed E-state index contributed by atoms with van der Waals surface area (Å²) in [5.41, 5.74) is 1.49. The van der Waals surface area contributed by atoms with Gasteiger partial charge in [-0.05, 0) is 24.1 Å².